The number of carbonyl (C=O) groups excluding carboxylic acids is 1. The van der Waals surface area contributed by atoms with Gasteiger partial charge in [-0.15, -0.1) is 0 Å². The number of aromatic nitrogens is 1. The number of hydrogen-bond donors (Lipinski definition) is 1. The molecular formula is C18H22N4O. The summed E-state index contributed by atoms with van der Waals surface area (Å²) in [5, 5.41) is 5.31. The Bertz CT molecular complexity index is 716. The lowest BCUT2D eigenvalue weighted by Gasteiger charge is -2.26. The molecule has 1 fully saturated rings. The van der Waals surface area contributed by atoms with Crippen LogP contribution in [0, 0.1) is 0 Å². The van der Waals surface area contributed by atoms with Crippen molar-refractivity contribution in [1.29, 1.82) is 0 Å². The standard InChI is InChI=1S/C18H22N4O/c1-2-11-22-12-9-15(10-13-22)20-21-18(23)17-8-7-14-5-3-4-6-16(14)19-17/h3-8H,2,9-13H2,1H3,(H,21,23). The third-order valence-corrected chi connectivity index (χ3v) is 4.12. The van der Waals surface area contributed by atoms with Crippen LogP contribution in [0.5, 0.6) is 0 Å². The topological polar surface area (TPSA) is 57.6 Å². The summed E-state index contributed by atoms with van der Waals surface area (Å²) in [4.78, 5) is 19.0. The van der Waals surface area contributed by atoms with Gasteiger partial charge >= 0.3 is 0 Å². The van der Waals surface area contributed by atoms with E-state index in [0.29, 0.717) is 5.69 Å². The fraction of sp³-hybridized carbons (Fsp3) is 0.389. The second-order valence-corrected chi connectivity index (χ2v) is 5.85. The van der Waals surface area contributed by atoms with Crippen molar-refractivity contribution in [3.05, 3.63) is 42.1 Å². The molecule has 1 N–H and O–H groups in total. The molecule has 0 unspecified atom stereocenters. The zero-order chi connectivity index (χ0) is 16.1. The van der Waals surface area contributed by atoms with Crippen molar-refractivity contribution in [2.75, 3.05) is 19.6 Å². The van der Waals surface area contributed by atoms with Crippen LogP contribution in [-0.2, 0) is 0 Å². The van der Waals surface area contributed by atoms with Crippen LogP contribution in [-0.4, -0.2) is 41.1 Å². The lowest BCUT2D eigenvalue weighted by molar-refractivity contribution is 0.0950. The molecule has 1 saturated heterocycles. The molecule has 1 aromatic heterocycles. The Labute approximate surface area is 136 Å². The Kier molecular flexibility index (Phi) is 4.98. The van der Waals surface area contributed by atoms with Gasteiger partial charge in [0.05, 0.1) is 5.52 Å². The Morgan fingerprint density at radius 3 is 2.78 bits per heavy atom. The number of hydrogen-bond acceptors (Lipinski definition) is 4. The molecule has 5 nitrogen and oxygen atoms in total. The molecule has 0 aliphatic carbocycles. The Balaban J connectivity index is 1.61. The molecular weight excluding hydrogens is 288 g/mol. The third-order valence-electron chi connectivity index (χ3n) is 4.12. The average molecular weight is 310 g/mol. The summed E-state index contributed by atoms with van der Waals surface area (Å²) < 4.78 is 0. The number of pyridine rings is 1. The van der Waals surface area contributed by atoms with Gasteiger partial charge in [0.25, 0.3) is 5.91 Å². The van der Waals surface area contributed by atoms with E-state index in [1.807, 2.05) is 30.3 Å². The van der Waals surface area contributed by atoms with Crippen LogP contribution in [0.3, 0.4) is 0 Å². The third kappa shape index (κ3) is 3.93. The highest BCUT2D eigenvalue weighted by Crippen LogP contribution is 2.12. The van der Waals surface area contributed by atoms with Crippen LogP contribution in [0.4, 0.5) is 0 Å². The molecule has 0 radical (unpaired) electrons. The van der Waals surface area contributed by atoms with Crippen molar-refractivity contribution in [3.8, 4) is 0 Å². The van der Waals surface area contributed by atoms with Gasteiger partial charge in [-0.05, 0) is 25.1 Å². The molecule has 0 atom stereocenters. The first kappa shape index (κ1) is 15.6. The molecule has 0 spiro atoms. The normalized spacial score (nSPS) is 15.6. The van der Waals surface area contributed by atoms with Gasteiger partial charge in [0.2, 0.25) is 0 Å². The number of carbonyl (C=O) groups is 1. The van der Waals surface area contributed by atoms with E-state index < -0.39 is 0 Å². The maximum absolute atomic E-state index is 12.2. The van der Waals surface area contributed by atoms with E-state index >= 15 is 0 Å². The second-order valence-electron chi connectivity index (χ2n) is 5.85. The molecule has 3 rings (SSSR count). The smallest absolute Gasteiger partial charge is 0.289 e. The predicted octanol–water partition coefficient (Wildman–Crippen LogP) is 2.83. The number of likely N-dealkylation sites (tertiary alicyclic amines) is 1. The number of benzene rings is 1. The molecule has 1 amide bonds. The highest BCUT2D eigenvalue weighted by Gasteiger charge is 2.15. The Hall–Kier alpha value is -2.27. The highest BCUT2D eigenvalue weighted by atomic mass is 16.2. The molecule has 1 aliphatic rings. The summed E-state index contributed by atoms with van der Waals surface area (Å²) in [6.45, 7) is 5.38. The summed E-state index contributed by atoms with van der Waals surface area (Å²) in [5.74, 6) is -0.251. The number of hydrazone groups is 1. The number of fused-ring (bicyclic) bond motifs is 1. The van der Waals surface area contributed by atoms with Gasteiger partial charge in [-0.3, -0.25) is 4.79 Å². The quantitative estimate of drug-likeness (QED) is 0.884. The van der Waals surface area contributed by atoms with Crippen molar-refractivity contribution in [2.24, 2.45) is 5.10 Å². The predicted molar refractivity (Wildman–Crippen MR) is 92.6 cm³/mol. The lowest BCUT2D eigenvalue weighted by Crippen LogP contribution is -2.35. The van der Waals surface area contributed by atoms with Crippen molar-refractivity contribution < 1.29 is 4.79 Å². The molecule has 120 valence electrons. The van der Waals surface area contributed by atoms with Crippen LogP contribution >= 0.6 is 0 Å². The number of para-hydroxylation sites is 1. The van der Waals surface area contributed by atoms with Gasteiger partial charge in [0.15, 0.2) is 0 Å². The summed E-state index contributed by atoms with van der Waals surface area (Å²) in [6, 6.07) is 11.4. The van der Waals surface area contributed by atoms with Crippen molar-refractivity contribution in [1.82, 2.24) is 15.3 Å². The summed E-state index contributed by atoms with van der Waals surface area (Å²) in [7, 11) is 0. The molecule has 0 bridgehead atoms. The van der Waals surface area contributed by atoms with Crippen molar-refractivity contribution in [3.63, 3.8) is 0 Å². The number of amides is 1. The van der Waals surface area contributed by atoms with Gasteiger partial charge in [-0.1, -0.05) is 31.2 Å². The van der Waals surface area contributed by atoms with Crippen LogP contribution < -0.4 is 5.43 Å². The lowest BCUT2D eigenvalue weighted by atomic mass is 10.1. The van der Waals surface area contributed by atoms with E-state index in [9.17, 15) is 4.79 Å². The molecule has 5 heteroatoms. The SMILES string of the molecule is CCCN1CCC(=NNC(=O)c2ccc3ccccc3n2)CC1. The maximum atomic E-state index is 12.2. The van der Waals surface area contributed by atoms with E-state index in [-0.39, 0.29) is 5.91 Å². The van der Waals surface area contributed by atoms with Gasteiger partial charge in [-0.2, -0.15) is 5.10 Å². The van der Waals surface area contributed by atoms with E-state index in [0.717, 1.165) is 49.1 Å². The minimum Gasteiger partial charge on any atom is -0.303 e. The zero-order valence-corrected chi connectivity index (χ0v) is 13.5. The summed E-state index contributed by atoms with van der Waals surface area (Å²) in [6.07, 6.45) is 3.02. The van der Waals surface area contributed by atoms with Gasteiger partial charge < -0.3 is 4.90 Å². The molecule has 0 saturated carbocycles. The number of nitrogens with zero attached hydrogens (tertiary/aromatic N) is 3. The van der Waals surface area contributed by atoms with Crippen LogP contribution in [0.25, 0.3) is 10.9 Å². The fourth-order valence-electron chi connectivity index (χ4n) is 2.84. The van der Waals surface area contributed by atoms with E-state index in [4.69, 9.17) is 0 Å². The van der Waals surface area contributed by atoms with Crippen LogP contribution in [0.2, 0.25) is 0 Å². The van der Waals surface area contributed by atoms with Crippen molar-refractivity contribution >= 4 is 22.5 Å². The van der Waals surface area contributed by atoms with Gasteiger partial charge in [-0.25, -0.2) is 10.4 Å². The van der Waals surface area contributed by atoms with Gasteiger partial charge in [0, 0.05) is 37.0 Å². The van der Waals surface area contributed by atoms with Crippen molar-refractivity contribution in [2.45, 2.75) is 26.2 Å². The average Bonchev–Trinajstić information content (AvgIpc) is 2.60. The second kappa shape index (κ2) is 7.33. The highest BCUT2D eigenvalue weighted by molar-refractivity contribution is 5.96. The number of rotatable bonds is 4. The largest absolute Gasteiger partial charge is 0.303 e. The first-order valence-electron chi connectivity index (χ1n) is 8.20. The van der Waals surface area contributed by atoms with Crippen LogP contribution in [0.1, 0.15) is 36.7 Å². The molecule has 1 aromatic carbocycles. The van der Waals surface area contributed by atoms with Gasteiger partial charge in [0.1, 0.15) is 5.69 Å². The molecule has 2 heterocycles. The van der Waals surface area contributed by atoms with E-state index in [1.54, 1.807) is 6.07 Å². The number of nitrogens with one attached hydrogen (secondary N) is 1. The zero-order valence-electron chi connectivity index (χ0n) is 13.5. The first-order valence-corrected chi connectivity index (χ1v) is 8.20. The number of piperidine rings is 1. The summed E-state index contributed by atoms with van der Waals surface area (Å²) >= 11 is 0. The molecule has 23 heavy (non-hydrogen) atoms. The molecule has 1 aliphatic heterocycles. The summed E-state index contributed by atoms with van der Waals surface area (Å²) in [5.41, 5.74) is 4.93. The Morgan fingerprint density at radius 1 is 1.22 bits per heavy atom. The molecule has 2 aromatic rings. The van der Waals surface area contributed by atoms with Crippen LogP contribution in [0.15, 0.2) is 41.5 Å². The Morgan fingerprint density at radius 2 is 2.00 bits per heavy atom. The van der Waals surface area contributed by atoms with E-state index in [2.05, 4.69) is 27.3 Å². The minimum absolute atomic E-state index is 0.251. The fourth-order valence-corrected chi connectivity index (χ4v) is 2.84. The van der Waals surface area contributed by atoms with E-state index in [1.165, 1.54) is 6.42 Å². The monoisotopic (exact) mass is 310 g/mol. The first-order chi connectivity index (χ1) is 11.3. The minimum atomic E-state index is -0.251. The maximum Gasteiger partial charge on any atom is 0.289 e.